The molecule has 4 aromatic rings. The lowest BCUT2D eigenvalue weighted by atomic mass is 10.1. The smallest absolute Gasteiger partial charge is 0.224 e. The highest BCUT2D eigenvalue weighted by molar-refractivity contribution is 5.79. The Bertz CT molecular complexity index is 1660. The molecule has 0 aliphatic rings. The molecule has 47 heavy (non-hydrogen) atoms. The molecule has 2 amide bonds. The van der Waals surface area contributed by atoms with E-state index in [1.807, 2.05) is 66.7 Å². The van der Waals surface area contributed by atoms with Gasteiger partial charge >= 0.3 is 0 Å². The summed E-state index contributed by atoms with van der Waals surface area (Å²) >= 11 is 0. The quantitative estimate of drug-likeness (QED) is 0.159. The van der Waals surface area contributed by atoms with Gasteiger partial charge in [-0.25, -0.2) is 0 Å². The lowest BCUT2D eigenvalue weighted by Crippen LogP contribution is -2.27. The second-order valence-corrected chi connectivity index (χ2v) is 10.7. The van der Waals surface area contributed by atoms with Crippen molar-refractivity contribution < 1.29 is 38.0 Å². The number of carbonyl (C=O) groups excluding carboxylic acids is 2. The van der Waals surface area contributed by atoms with Crippen LogP contribution < -0.4 is 39.1 Å². The molecule has 2 N–H and O–H groups in total. The molecule has 0 radical (unpaired) electrons. The molecule has 0 saturated heterocycles. The Balaban J connectivity index is 1.26. The van der Waals surface area contributed by atoms with Crippen LogP contribution >= 0.6 is 0 Å². The standard InChI is InChI=1S/C37H42N2O8/c1-42-30-12-9-25(20-33(30)44-3)15-17-38-36(40)23-27-7-6-8-29(19-27)47-32-14-11-28(22-35(32)46-5)24-37(41)39-18-16-26-10-13-31(43-2)34(21-26)45-4/h6-14,19-22H,15-18,23-24H2,1-5H3,(H,38,40)(H,39,41). The van der Waals surface area contributed by atoms with E-state index in [0.717, 1.165) is 22.3 Å². The van der Waals surface area contributed by atoms with Gasteiger partial charge < -0.3 is 39.1 Å². The summed E-state index contributed by atoms with van der Waals surface area (Å²) < 4.78 is 32.9. The molecular weight excluding hydrogens is 600 g/mol. The van der Waals surface area contributed by atoms with E-state index in [1.54, 1.807) is 47.7 Å². The van der Waals surface area contributed by atoms with Crippen molar-refractivity contribution in [2.24, 2.45) is 0 Å². The molecule has 0 fully saturated rings. The molecular formula is C37H42N2O8. The molecule has 0 aliphatic carbocycles. The van der Waals surface area contributed by atoms with Crippen LogP contribution in [-0.2, 0) is 35.3 Å². The molecule has 4 aromatic carbocycles. The van der Waals surface area contributed by atoms with Crippen molar-refractivity contribution in [3.05, 3.63) is 101 Å². The third kappa shape index (κ3) is 10.1. The maximum Gasteiger partial charge on any atom is 0.224 e. The Hall–Kier alpha value is -5.38. The molecule has 0 aliphatic heterocycles. The van der Waals surface area contributed by atoms with E-state index in [0.29, 0.717) is 66.2 Å². The number of hydrogen-bond donors (Lipinski definition) is 2. The largest absolute Gasteiger partial charge is 0.493 e. The number of ether oxygens (including phenoxy) is 6. The molecule has 0 spiro atoms. The maximum atomic E-state index is 12.7. The van der Waals surface area contributed by atoms with E-state index in [1.165, 1.54) is 0 Å². The molecule has 0 atom stereocenters. The number of carbonyl (C=O) groups is 2. The number of nitrogens with one attached hydrogen (secondary N) is 2. The van der Waals surface area contributed by atoms with Crippen LogP contribution in [0.25, 0.3) is 0 Å². The van der Waals surface area contributed by atoms with Crippen LogP contribution in [0.4, 0.5) is 0 Å². The SMILES string of the molecule is COc1ccc(CCNC(=O)Cc2cccc(Oc3ccc(CC(=O)NCCc4ccc(OC)c(OC)c4)cc3OC)c2)cc1OC. The summed E-state index contributed by atoms with van der Waals surface area (Å²) in [6.07, 6.45) is 1.72. The Morgan fingerprint density at radius 1 is 0.489 bits per heavy atom. The monoisotopic (exact) mass is 642 g/mol. The van der Waals surface area contributed by atoms with Gasteiger partial charge in [0.25, 0.3) is 0 Å². The fourth-order valence-corrected chi connectivity index (χ4v) is 5.01. The third-order valence-electron chi connectivity index (χ3n) is 7.45. The molecule has 0 unspecified atom stereocenters. The van der Waals surface area contributed by atoms with E-state index in [9.17, 15) is 9.59 Å². The van der Waals surface area contributed by atoms with E-state index < -0.39 is 0 Å². The predicted molar refractivity (Wildman–Crippen MR) is 179 cm³/mol. The van der Waals surface area contributed by atoms with E-state index >= 15 is 0 Å². The van der Waals surface area contributed by atoms with Crippen molar-refractivity contribution in [3.8, 4) is 40.2 Å². The van der Waals surface area contributed by atoms with Crippen LogP contribution in [0.15, 0.2) is 78.9 Å². The molecule has 0 aromatic heterocycles. The summed E-state index contributed by atoms with van der Waals surface area (Å²) in [4.78, 5) is 25.3. The molecule has 0 bridgehead atoms. The number of benzene rings is 4. The van der Waals surface area contributed by atoms with Crippen LogP contribution in [0.3, 0.4) is 0 Å². The summed E-state index contributed by atoms with van der Waals surface area (Å²) in [5, 5.41) is 5.93. The highest BCUT2D eigenvalue weighted by atomic mass is 16.5. The molecule has 4 rings (SSSR count). The van der Waals surface area contributed by atoms with Crippen molar-refractivity contribution >= 4 is 11.8 Å². The van der Waals surface area contributed by atoms with Gasteiger partial charge in [-0.15, -0.1) is 0 Å². The zero-order chi connectivity index (χ0) is 33.6. The average Bonchev–Trinajstić information content (AvgIpc) is 3.08. The first kappa shape index (κ1) is 34.5. The number of amides is 2. The van der Waals surface area contributed by atoms with E-state index in [4.69, 9.17) is 28.4 Å². The van der Waals surface area contributed by atoms with Gasteiger partial charge in [-0.1, -0.05) is 30.3 Å². The highest BCUT2D eigenvalue weighted by Gasteiger charge is 2.12. The van der Waals surface area contributed by atoms with Crippen LogP contribution in [0, 0.1) is 0 Å². The fraction of sp³-hybridized carbons (Fsp3) is 0.297. The summed E-state index contributed by atoms with van der Waals surface area (Å²) in [7, 11) is 7.94. The van der Waals surface area contributed by atoms with Crippen molar-refractivity contribution in [3.63, 3.8) is 0 Å². The highest BCUT2D eigenvalue weighted by Crippen LogP contribution is 2.33. The normalized spacial score (nSPS) is 10.5. The van der Waals surface area contributed by atoms with Gasteiger partial charge in [-0.3, -0.25) is 9.59 Å². The number of hydrogen-bond acceptors (Lipinski definition) is 8. The number of methoxy groups -OCH3 is 5. The second kappa shape index (κ2) is 17.4. The Morgan fingerprint density at radius 3 is 1.43 bits per heavy atom. The fourth-order valence-electron chi connectivity index (χ4n) is 5.01. The molecule has 10 nitrogen and oxygen atoms in total. The van der Waals surface area contributed by atoms with E-state index in [-0.39, 0.29) is 24.7 Å². The Labute approximate surface area is 275 Å². The average molecular weight is 643 g/mol. The van der Waals surface area contributed by atoms with E-state index in [2.05, 4.69) is 10.6 Å². The van der Waals surface area contributed by atoms with Crippen LogP contribution in [0.5, 0.6) is 40.2 Å². The maximum absolute atomic E-state index is 12.7. The minimum atomic E-state index is -0.101. The van der Waals surface area contributed by atoms with Crippen molar-refractivity contribution in [2.75, 3.05) is 48.6 Å². The first-order valence-corrected chi connectivity index (χ1v) is 15.2. The van der Waals surface area contributed by atoms with Crippen LogP contribution in [0.1, 0.15) is 22.3 Å². The number of rotatable bonds is 17. The van der Waals surface area contributed by atoms with Gasteiger partial charge in [0.05, 0.1) is 48.4 Å². The Kier molecular flexibility index (Phi) is 12.7. The van der Waals surface area contributed by atoms with Crippen LogP contribution in [-0.4, -0.2) is 60.5 Å². The lowest BCUT2D eigenvalue weighted by Gasteiger charge is -2.13. The van der Waals surface area contributed by atoms with Crippen LogP contribution in [0.2, 0.25) is 0 Å². The summed E-state index contributed by atoms with van der Waals surface area (Å²) in [5.74, 6) is 4.02. The summed E-state index contributed by atoms with van der Waals surface area (Å²) in [6.45, 7) is 0.975. The predicted octanol–water partition coefficient (Wildman–Crippen LogP) is 5.32. The van der Waals surface area contributed by atoms with Gasteiger partial charge in [0, 0.05) is 13.1 Å². The molecule has 248 valence electrons. The summed E-state index contributed by atoms with van der Waals surface area (Å²) in [5.41, 5.74) is 3.66. The van der Waals surface area contributed by atoms with Gasteiger partial charge in [0.15, 0.2) is 34.5 Å². The first-order valence-electron chi connectivity index (χ1n) is 15.2. The van der Waals surface area contributed by atoms with Gasteiger partial charge in [-0.05, 0) is 83.6 Å². The first-order chi connectivity index (χ1) is 22.8. The second-order valence-electron chi connectivity index (χ2n) is 10.7. The van der Waals surface area contributed by atoms with Crippen molar-refractivity contribution in [1.29, 1.82) is 0 Å². The molecule has 0 saturated carbocycles. The van der Waals surface area contributed by atoms with Crippen molar-refractivity contribution in [1.82, 2.24) is 10.6 Å². The van der Waals surface area contributed by atoms with Gasteiger partial charge in [0.2, 0.25) is 11.8 Å². The van der Waals surface area contributed by atoms with Gasteiger partial charge in [0.1, 0.15) is 5.75 Å². The summed E-state index contributed by atoms with van der Waals surface area (Å²) in [6, 6.07) is 24.2. The van der Waals surface area contributed by atoms with Gasteiger partial charge in [-0.2, -0.15) is 0 Å². The van der Waals surface area contributed by atoms with Crippen molar-refractivity contribution in [2.45, 2.75) is 25.7 Å². The zero-order valence-electron chi connectivity index (χ0n) is 27.5. The zero-order valence-corrected chi connectivity index (χ0v) is 27.5. The minimum Gasteiger partial charge on any atom is -0.493 e. The molecule has 0 heterocycles. The Morgan fingerprint density at radius 2 is 0.915 bits per heavy atom. The topological polar surface area (TPSA) is 114 Å². The molecule has 10 heteroatoms. The minimum absolute atomic E-state index is 0.0911. The lowest BCUT2D eigenvalue weighted by molar-refractivity contribution is -0.121. The third-order valence-corrected chi connectivity index (χ3v) is 7.45.